The third-order valence-electron chi connectivity index (χ3n) is 4.78. The van der Waals surface area contributed by atoms with E-state index in [0.29, 0.717) is 11.3 Å². The van der Waals surface area contributed by atoms with Gasteiger partial charge in [0.2, 0.25) is 0 Å². The number of amidine groups is 2. The topological polar surface area (TPSA) is 91.0 Å². The number of carbonyl (C=O) groups excluding carboxylic acids is 1. The molecule has 0 unspecified atom stereocenters. The number of fused-ring (bicyclic) bond motifs is 1. The van der Waals surface area contributed by atoms with Crippen LogP contribution in [0.3, 0.4) is 0 Å². The largest absolute Gasteiger partial charge is 0.451 e. The first-order valence-corrected chi connectivity index (χ1v) is 9.29. The summed E-state index contributed by atoms with van der Waals surface area (Å²) in [6.45, 7) is 3.30. The van der Waals surface area contributed by atoms with Gasteiger partial charge in [0.1, 0.15) is 17.3 Å². The Morgan fingerprint density at radius 3 is 2.25 bits per heavy atom. The molecule has 3 heterocycles. The van der Waals surface area contributed by atoms with E-state index in [4.69, 9.17) is 4.42 Å². The summed E-state index contributed by atoms with van der Waals surface area (Å²) in [5.41, 5.74) is 3.39. The molecule has 0 fully saturated rings. The zero-order valence-corrected chi connectivity index (χ0v) is 15.2. The highest BCUT2D eigenvalue weighted by Crippen LogP contribution is 2.22. The fraction of sp³-hybridized carbons (Fsp3) is 0.190. The van der Waals surface area contributed by atoms with Crippen molar-refractivity contribution in [1.82, 2.24) is 10.6 Å². The Balaban J connectivity index is 1.34. The Morgan fingerprint density at radius 2 is 1.57 bits per heavy atom. The van der Waals surface area contributed by atoms with Crippen molar-refractivity contribution in [3.63, 3.8) is 0 Å². The average molecular weight is 373 g/mol. The van der Waals surface area contributed by atoms with Crippen LogP contribution in [0, 0.1) is 0 Å². The van der Waals surface area contributed by atoms with Gasteiger partial charge in [-0.3, -0.25) is 14.8 Å². The molecule has 2 aromatic carbocycles. The highest BCUT2D eigenvalue weighted by Gasteiger charge is 2.15. The molecular weight excluding hydrogens is 354 g/mol. The summed E-state index contributed by atoms with van der Waals surface area (Å²) in [6, 6.07) is 15.2. The van der Waals surface area contributed by atoms with E-state index in [2.05, 4.69) is 25.9 Å². The molecule has 0 spiro atoms. The fourth-order valence-corrected chi connectivity index (χ4v) is 3.39. The lowest BCUT2D eigenvalue weighted by Crippen LogP contribution is -2.19. The summed E-state index contributed by atoms with van der Waals surface area (Å²) in [4.78, 5) is 21.4. The number of benzene rings is 2. The molecule has 0 saturated heterocycles. The summed E-state index contributed by atoms with van der Waals surface area (Å²) >= 11 is 0. The number of amides is 1. The minimum atomic E-state index is -0.279. The normalized spacial score (nSPS) is 15.7. The molecular formula is C21H19N5O2. The van der Waals surface area contributed by atoms with Crippen molar-refractivity contribution in [2.75, 3.05) is 31.5 Å². The Bertz CT molecular complexity index is 1110. The van der Waals surface area contributed by atoms with Gasteiger partial charge < -0.3 is 20.4 Å². The molecule has 28 heavy (non-hydrogen) atoms. The molecule has 2 aliphatic heterocycles. The van der Waals surface area contributed by atoms with E-state index in [1.807, 2.05) is 42.5 Å². The Hall–Kier alpha value is -3.61. The van der Waals surface area contributed by atoms with Crippen molar-refractivity contribution in [2.24, 2.45) is 9.98 Å². The summed E-state index contributed by atoms with van der Waals surface area (Å²) in [5, 5.41) is 10.2. The first-order valence-electron chi connectivity index (χ1n) is 9.29. The molecule has 140 valence electrons. The standard InChI is InChI=1S/C21H19N5O2/c27-21(26-16-4-1-13(2-5-16)19-22-7-8-23-19)18-12-15-11-14(3-6-17(15)28-18)20-24-9-10-25-20/h1-6,11-12H,7-10H2,(H,22,23)(H,24,25)(H,26,27). The molecule has 2 aliphatic rings. The quantitative estimate of drug-likeness (QED) is 0.655. The fourth-order valence-electron chi connectivity index (χ4n) is 3.39. The van der Waals surface area contributed by atoms with Crippen LogP contribution in [0.2, 0.25) is 0 Å². The molecule has 0 atom stereocenters. The number of anilines is 1. The van der Waals surface area contributed by atoms with Crippen molar-refractivity contribution in [2.45, 2.75) is 0 Å². The summed E-state index contributed by atoms with van der Waals surface area (Å²) in [6.07, 6.45) is 0. The van der Waals surface area contributed by atoms with Gasteiger partial charge in [0, 0.05) is 35.3 Å². The van der Waals surface area contributed by atoms with Gasteiger partial charge in [-0.15, -0.1) is 0 Å². The lowest BCUT2D eigenvalue weighted by Gasteiger charge is -2.05. The molecule has 0 aliphatic carbocycles. The van der Waals surface area contributed by atoms with Gasteiger partial charge in [-0.05, 0) is 48.5 Å². The van der Waals surface area contributed by atoms with Gasteiger partial charge in [-0.25, -0.2) is 0 Å². The maximum atomic E-state index is 12.6. The van der Waals surface area contributed by atoms with Crippen LogP contribution in [-0.2, 0) is 0 Å². The molecule has 1 aromatic heterocycles. The van der Waals surface area contributed by atoms with Crippen LogP contribution < -0.4 is 16.0 Å². The van der Waals surface area contributed by atoms with Crippen molar-refractivity contribution < 1.29 is 9.21 Å². The van der Waals surface area contributed by atoms with Crippen molar-refractivity contribution in [3.05, 3.63) is 65.4 Å². The van der Waals surface area contributed by atoms with Crippen LogP contribution in [0.4, 0.5) is 5.69 Å². The van der Waals surface area contributed by atoms with Crippen molar-refractivity contribution in [1.29, 1.82) is 0 Å². The van der Waals surface area contributed by atoms with Crippen molar-refractivity contribution >= 4 is 34.2 Å². The van der Waals surface area contributed by atoms with Crippen LogP contribution in [0.5, 0.6) is 0 Å². The molecule has 3 aromatic rings. The number of nitrogens with zero attached hydrogens (tertiary/aromatic N) is 2. The van der Waals surface area contributed by atoms with Crippen LogP contribution in [0.15, 0.2) is 62.9 Å². The second-order valence-electron chi connectivity index (χ2n) is 6.71. The SMILES string of the molecule is O=C(Nc1ccc(C2=NCCN2)cc1)c1cc2cc(C3=NCCN3)ccc2o1. The molecule has 3 N–H and O–H groups in total. The smallest absolute Gasteiger partial charge is 0.291 e. The van der Waals surface area contributed by atoms with E-state index in [0.717, 1.165) is 54.4 Å². The molecule has 7 nitrogen and oxygen atoms in total. The van der Waals surface area contributed by atoms with E-state index in [1.165, 1.54) is 0 Å². The number of hydrogen-bond donors (Lipinski definition) is 3. The second kappa shape index (κ2) is 6.84. The second-order valence-corrected chi connectivity index (χ2v) is 6.71. The number of rotatable bonds is 4. The molecule has 7 heteroatoms. The van der Waals surface area contributed by atoms with Crippen LogP contribution in [-0.4, -0.2) is 43.8 Å². The zero-order chi connectivity index (χ0) is 18.9. The number of hydrogen-bond acceptors (Lipinski definition) is 6. The Labute approximate surface area is 161 Å². The minimum absolute atomic E-state index is 0.277. The highest BCUT2D eigenvalue weighted by molar-refractivity contribution is 6.07. The molecule has 1 amide bonds. The maximum absolute atomic E-state index is 12.6. The van der Waals surface area contributed by atoms with E-state index < -0.39 is 0 Å². The van der Waals surface area contributed by atoms with Gasteiger partial charge >= 0.3 is 0 Å². The van der Waals surface area contributed by atoms with Gasteiger partial charge in [-0.2, -0.15) is 0 Å². The Morgan fingerprint density at radius 1 is 0.893 bits per heavy atom. The van der Waals surface area contributed by atoms with Gasteiger partial charge in [-0.1, -0.05) is 0 Å². The monoisotopic (exact) mass is 373 g/mol. The van der Waals surface area contributed by atoms with Gasteiger partial charge in [0.05, 0.1) is 13.1 Å². The number of carbonyl (C=O) groups is 1. The first kappa shape index (κ1) is 16.6. The highest BCUT2D eigenvalue weighted by atomic mass is 16.3. The summed E-state index contributed by atoms with van der Waals surface area (Å²) in [7, 11) is 0. The zero-order valence-electron chi connectivity index (χ0n) is 15.2. The van der Waals surface area contributed by atoms with Crippen LogP contribution >= 0.6 is 0 Å². The third kappa shape index (κ3) is 3.11. The van der Waals surface area contributed by atoms with Gasteiger partial charge in [0.25, 0.3) is 5.91 Å². The van der Waals surface area contributed by atoms with Gasteiger partial charge in [0.15, 0.2) is 5.76 Å². The van der Waals surface area contributed by atoms with E-state index in [-0.39, 0.29) is 11.7 Å². The van der Waals surface area contributed by atoms with E-state index in [9.17, 15) is 4.79 Å². The van der Waals surface area contributed by atoms with Crippen molar-refractivity contribution in [3.8, 4) is 0 Å². The van der Waals surface area contributed by atoms with E-state index in [1.54, 1.807) is 6.07 Å². The molecule has 0 bridgehead atoms. The van der Waals surface area contributed by atoms with Crippen LogP contribution in [0.25, 0.3) is 11.0 Å². The number of aliphatic imine (C=N–C) groups is 2. The maximum Gasteiger partial charge on any atom is 0.291 e. The molecule has 5 rings (SSSR count). The Kier molecular flexibility index (Phi) is 4.05. The number of furan rings is 1. The predicted molar refractivity (Wildman–Crippen MR) is 109 cm³/mol. The minimum Gasteiger partial charge on any atom is -0.451 e. The predicted octanol–water partition coefficient (Wildman–Crippen LogP) is 2.38. The van der Waals surface area contributed by atoms with E-state index >= 15 is 0 Å². The molecule has 0 radical (unpaired) electrons. The lowest BCUT2D eigenvalue weighted by molar-refractivity contribution is 0.0998. The third-order valence-corrected chi connectivity index (χ3v) is 4.78. The summed E-state index contributed by atoms with van der Waals surface area (Å²) < 4.78 is 5.72. The average Bonchev–Trinajstić information content (AvgIpc) is 3.49. The van der Waals surface area contributed by atoms with Crippen LogP contribution in [0.1, 0.15) is 21.7 Å². The summed E-state index contributed by atoms with van der Waals surface area (Å²) in [5.74, 6) is 1.78. The number of nitrogens with one attached hydrogen (secondary N) is 3. The first-order chi connectivity index (χ1) is 13.8. The molecule has 0 saturated carbocycles. The lowest BCUT2D eigenvalue weighted by atomic mass is 10.1.